The van der Waals surface area contributed by atoms with Crippen LogP contribution < -0.4 is 5.73 Å². The van der Waals surface area contributed by atoms with E-state index in [9.17, 15) is 13.2 Å². The van der Waals surface area contributed by atoms with Crippen molar-refractivity contribution in [1.29, 1.82) is 0 Å². The molecule has 6 heteroatoms. The fraction of sp³-hybridized carbons (Fsp3) is 0.625. The van der Waals surface area contributed by atoms with Crippen LogP contribution >= 0.6 is 0 Å². The Balaban J connectivity index is 2.11. The number of hydrogen-bond acceptors (Lipinski definition) is 2. The first kappa shape index (κ1) is 9.51. The number of nitrogens with zero attached hydrogens (tertiary/aromatic N) is 2. The van der Waals surface area contributed by atoms with E-state index in [0.29, 0.717) is 12.8 Å². The molecule has 78 valence electrons. The third-order valence-electron chi connectivity index (χ3n) is 2.45. The largest absolute Gasteiger partial charge is 0.419 e. The molecule has 0 saturated heterocycles. The fourth-order valence-corrected chi connectivity index (χ4v) is 1.53. The van der Waals surface area contributed by atoms with Gasteiger partial charge in [-0.3, -0.25) is 4.68 Å². The van der Waals surface area contributed by atoms with E-state index in [1.54, 1.807) is 0 Å². The summed E-state index contributed by atoms with van der Waals surface area (Å²) in [4.78, 5) is 0. The molecule has 3 nitrogen and oxygen atoms in total. The summed E-state index contributed by atoms with van der Waals surface area (Å²) in [6.45, 7) is 0. The number of halogens is 3. The minimum Gasteiger partial charge on any atom is -0.328 e. The normalized spacial score (nSPS) is 27.4. The number of aromatic nitrogens is 2. The van der Waals surface area contributed by atoms with Crippen LogP contribution in [0.15, 0.2) is 12.4 Å². The molecule has 1 saturated carbocycles. The SMILES string of the molecule is N[C@H]1C[C@H](n2cc(C(F)(F)F)cn2)C1. The smallest absolute Gasteiger partial charge is 0.328 e. The Kier molecular flexibility index (Phi) is 2.02. The molecule has 1 fully saturated rings. The molecule has 0 unspecified atom stereocenters. The van der Waals surface area contributed by atoms with Crippen LogP contribution in [0, 0.1) is 0 Å². The van der Waals surface area contributed by atoms with Gasteiger partial charge in [0.05, 0.1) is 17.8 Å². The standard InChI is InChI=1S/C8H10F3N3/c9-8(10,11)5-3-13-14(4-5)7-1-6(12)2-7/h3-4,6-7H,1-2,12H2/t6-,7-. The van der Waals surface area contributed by atoms with Gasteiger partial charge in [0, 0.05) is 12.2 Å². The van der Waals surface area contributed by atoms with Crippen molar-refractivity contribution in [3.05, 3.63) is 18.0 Å². The van der Waals surface area contributed by atoms with Crippen LogP contribution in [0.5, 0.6) is 0 Å². The molecule has 0 radical (unpaired) electrons. The van der Waals surface area contributed by atoms with Crippen LogP contribution in [0.2, 0.25) is 0 Å². The molecule has 2 N–H and O–H groups in total. The highest BCUT2D eigenvalue weighted by Gasteiger charge is 2.34. The van der Waals surface area contributed by atoms with Crippen LogP contribution in [0.4, 0.5) is 13.2 Å². The van der Waals surface area contributed by atoms with E-state index in [-0.39, 0.29) is 12.1 Å². The Morgan fingerprint density at radius 3 is 2.50 bits per heavy atom. The van der Waals surface area contributed by atoms with E-state index in [2.05, 4.69) is 5.10 Å². The second-order valence-corrected chi connectivity index (χ2v) is 3.59. The molecule has 1 aliphatic rings. The maximum absolute atomic E-state index is 12.2. The van der Waals surface area contributed by atoms with Crippen molar-refractivity contribution in [2.75, 3.05) is 0 Å². The highest BCUT2D eigenvalue weighted by Crippen LogP contribution is 2.33. The third kappa shape index (κ3) is 1.61. The first-order chi connectivity index (χ1) is 6.47. The first-order valence-electron chi connectivity index (χ1n) is 4.34. The van der Waals surface area contributed by atoms with Gasteiger partial charge in [-0.25, -0.2) is 0 Å². The molecule has 0 spiro atoms. The topological polar surface area (TPSA) is 43.8 Å². The minimum atomic E-state index is -4.30. The van der Waals surface area contributed by atoms with Gasteiger partial charge in [0.1, 0.15) is 0 Å². The maximum Gasteiger partial charge on any atom is 0.419 e. The lowest BCUT2D eigenvalue weighted by molar-refractivity contribution is -0.137. The van der Waals surface area contributed by atoms with Crippen molar-refractivity contribution < 1.29 is 13.2 Å². The summed E-state index contributed by atoms with van der Waals surface area (Å²) in [6.07, 6.45) is -0.998. The van der Waals surface area contributed by atoms with Crippen LogP contribution in [0.25, 0.3) is 0 Å². The van der Waals surface area contributed by atoms with Gasteiger partial charge in [0.2, 0.25) is 0 Å². The molecule has 2 rings (SSSR count). The highest BCUT2D eigenvalue weighted by molar-refractivity contribution is 5.09. The summed E-state index contributed by atoms with van der Waals surface area (Å²) >= 11 is 0. The molecule has 1 aromatic heterocycles. The molecule has 1 aliphatic carbocycles. The van der Waals surface area contributed by atoms with Gasteiger partial charge >= 0.3 is 6.18 Å². The van der Waals surface area contributed by atoms with Gasteiger partial charge in [-0.05, 0) is 12.8 Å². The number of hydrogen-bond donors (Lipinski definition) is 1. The summed E-state index contributed by atoms with van der Waals surface area (Å²) in [5, 5.41) is 3.68. The van der Waals surface area contributed by atoms with Crippen molar-refractivity contribution in [3.8, 4) is 0 Å². The van der Waals surface area contributed by atoms with Gasteiger partial charge in [0.25, 0.3) is 0 Å². The second-order valence-electron chi connectivity index (χ2n) is 3.59. The third-order valence-corrected chi connectivity index (χ3v) is 2.45. The van der Waals surface area contributed by atoms with Gasteiger partial charge in [-0.1, -0.05) is 0 Å². The fourth-order valence-electron chi connectivity index (χ4n) is 1.53. The number of nitrogens with two attached hydrogens (primary N) is 1. The Morgan fingerprint density at radius 1 is 1.43 bits per heavy atom. The van der Waals surface area contributed by atoms with Gasteiger partial charge in [0.15, 0.2) is 0 Å². The predicted octanol–water partition coefficient (Wildman–Crippen LogP) is 1.56. The summed E-state index contributed by atoms with van der Waals surface area (Å²) in [5.74, 6) is 0. The minimum absolute atomic E-state index is 0.0427. The van der Waals surface area contributed by atoms with E-state index in [1.807, 2.05) is 0 Å². The van der Waals surface area contributed by atoms with E-state index < -0.39 is 11.7 Å². The van der Waals surface area contributed by atoms with Crippen LogP contribution in [-0.4, -0.2) is 15.8 Å². The molecule has 0 amide bonds. The quantitative estimate of drug-likeness (QED) is 0.756. The van der Waals surface area contributed by atoms with Crippen molar-refractivity contribution in [2.45, 2.75) is 31.1 Å². The van der Waals surface area contributed by atoms with Crippen molar-refractivity contribution in [1.82, 2.24) is 9.78 Å². The zero-order valence-electron chi connectivity index (χ0n) is 7.33. The summed E-state index contributed by atoms with van der Waals surface area (Å²) in [5.41, 5.74) is 4.84. The van der Waals surface area contributed by atoms with Crippen LogP contribution in [0.3, 0.4) is 0 Å². The lowest BCUT2D eigenvalue weighted by atomic mass is 9.88. The number of rotatable bonds is 1. The predicted molar refractivity (Wildman–Crippen MR) is 43.5 cm³/mol. The molecule has 0 atom stereocenters. The summed E-state index contributed by atoms with van der Waals surface area (Å²) in [6, 6.07) is 0.152. The Morgan fingerprint density at radius 2 is 2.07 bits per heavy atom. The monoisotopic (exact) mass is 205 g/mol. The summed E-state index contributed by atoms with van der Waals surface area (Å²) in [7, 11) is 0. The lowest BCUT2D eigenvalue weighted by Crippen LogP contribution is -2.37. The molecule has 0 bridgehead atoms. The Hall–Kier alpha value is -1.04. The Labute approximate surface area is 78.7 Å². The molecule has 0 aliphatic heterocycles. The maximum atomic E-state index is 12.2. The van der Waals surface area contributed by atoms with E-state index >= 15 is 0 Å². The Bertz CT molecular complexity index is 325. The molecule has 1 heterocycles. The first-order valence-corrected chi connectivity index (χ1v) is 4.34. The van der Waals surface area contributed by atoms with E-state index in [4.69, 9.17) is 5.73 Å². The van der Waals surface area contributed by atoms with E-state index in [0.717, 1.165) is 12.4 Å². The second kappa shape index (κ2) is 2.98. The van der Waals surface area contributed by atoms with Crippen molar-refractivity contribution >= 4 is 0 Å². The van der Waals surface area contributed by atoms with Crippen LogP contribution in [-0.2, 0) is 6.18 Å². The molecule has 1 aromatic rings. The van der Waals surface area contributed by atoms with Crippen molar-refractivity contribution in [3.63, 3.8) is 0 Å². The van der Waals surface area contributed by atoms with Gasteiger partial charge < -0.3 is 5.73 Å². The zero-order chi connectivity index (χ0) is 10.3. The average molecular weight is 205 g/mol. The zero-order valence-corrected chi connectivity index (χ0v) is 7.33. The van der Waals surface area contributed by atoms with Gasteiger partial charge in [-0.2, -0.15) is 18.3 Å². The van der Waals surface area contributed by atoms with Crippen LogP contribution in [0.1, 0.15) is 24.4 Å². The molecule has 14 heavy (non-hydrogen) atoms. The number of alkyl halides is 3. The van der Waals surface area contributed by atoms with E-state index in [1.165, 1.54) is 4.68 Å². The molecular formula is C8H10F3N3. The molecule has 0 aromatic carbocycles. The van der Waals surface area contributed by atoms with Crippen molar-refractivity contribution in [2.24, 2.45) is 5.73 Å². The lowest BCUT2D eigenvalue weighted by Gasteiger charge is -2.32. The highest BCUT2D eigenvalue weighted by atomic mass is 19.4. The van der Waals surface area contributed by atoms with Gasteiger partial charge in [-0.15, -0.1) is 0 Å². The average Bonchev–Trinajstić information content (AvgIpc) is 2.45. The molecular weight excluding hydrogens is 195 g/mol. The summed E-state index contributed by atoms with van der Waals surface area (Å²) < 4.78 is 37.9.